The first-order valence-corrected chi connectivity index (χ1v) is 3.78. The van der Waals surface area contributed by atoms with E-state index in [9.17, 15) is 0 Å². The Morgan fingerprint density at radius 2 is 2.54 bits per heavy atom. The molecule has 0 aliphatic heterocycles. The minimum absolute atomic E-state index is 0.517. The summed E-state index contributed by atoms with van der Waals surface area (Å²) in [5, 5.41) is 10.6. The SMILES string of the molecule is CN=C(NN)NCc1nncn1C. The molecule has 0 aliphatic carbocycles. The topological polar surface area (TPSA) is 93.2 Å². The molecule has 0 aromatic carbocycles. The molecule has 0 atom stereocenters. The van der Waals surface area contributed by atoms with Crippen molar-refractivity contribution in [3.63, 3.8) is 0 Å². The van der Waals surface area contributed by atoms with E-state index in [4.69, 9.17) is 5.84 Å². The molecule has 1 heterocycles. The summed E-state index contributed by atoms with van der Waals surface area (Å²) in [6, 6.07) is 0. The lowest BCUT2D eigenvalue weighted by Crippen LogP contribution is -2.41. The maximum absolute atomic E-state index is 5.17. The van der Waals surface area contributed by atoms with Crippen LogP contribution in [0.15, 0.2) is 11.3 Å². The molecule has 0 spiro atoms. The smallest absolute Gasteiger partial charge is 0.205 e. The summed E-state index contributed by atoms with van der Waals surface area (Å²) in [5.41, 5.74) is 2.42. The molecule has 0 radical (unpaired) electrons. The number of guanidine groups is 1. The monoisotopic (exact) mass is 183 g/mol. The molecule has 1 rings (SSSR count). The molecule has 0 bridgehead atoms. The summed E-state index contributed by atoms with van der Waals surface area (Å²) in [6.45, 7) is 0.535. The number of hydrogen-bond acceptors (Lipinski definition) is 4. The van der Waals surface area contributed by atoms with E-state index in [1.165, 1.54) is 0 Å². The van der Waals surface area contributed by atoms with E-state index in [2.05, 4.69) is 25.9 Å². The van der Waals surface area contributed by atoms with Crippen molar-refractivity contribution in [2.24, 2.45) is 17.9 Å². The van der Waals surface area contributed by atoms with Crippen LogP contribution >= 0.6 is 0 Å². The van der Waals surface area contributed by atoms with Gasteiger partial charge in [0, 0.05) is 14.1 Å². The lowest BCUT2D eigenvalue weighted by molar-refractivity contribution is 0.731. The van der Waals surface area contributed by atoms with Gasteiger partial charge in [-0.15, -0.1) is 10.2 Å². The summed E-state index contributed by atoms with van der Waals surface area (Å²) < 4.78 is 1.82. The number of nitrogens with two attached hydrogens (primary N) is 1. The van der Waals surface area contributed by atoms with Crippen LogP contribution in [-0.2, 0) is 13.6 Å². The number of aliphatic imine (C=N–C) groups is 1. The highest BCUT2D eigenvalue weighted by molar-refractivity contribution is 5.78. The highest BCUT2D eigenvalue weighted by atomic mass is 15.3. The molecule has 0 saturated heterocycles. The Labute approximate surface area is 76.0 Å². The molecule has 1 aromatic rings. The summed E-state index contributed by atoms with van der Waals surface area (Å²) >= 11 is 0. The van der Waals surface area contributed by atoms with Crippen molar-refractivity contribution in [1.29, 1.82) is 0 Å². The van der Waals surface area contributed by atoms with Crippen molar-refractivity contribution in [3.05, 3.63) is 12.2 Å². The van der Waals surface area contributed by atoms with Gasteiger partial charge >= 0.3 is 0 Å². The van der Waals surface area contributed by atoms with Gasteiger partial charge in [-0.25, -0.2) is 5.84 Å². The first-order valence-electron chi connectivity index (χ1n) is 3.78. The van der Waals surface area contributed by atoms with Gasteiger partial charge in [-0.05, 0) is 0 Å². The first-order chi connectivity index (χ1) is 6.27. The number of rotatable bonds is 2. The second-order valence-corrected chi connectivity index (χ2v) is 2.43. The van der Waals surface area contributed by atoms with Gasteiger partial charge in [0.2, 0.25) is 5.96 Å². The van der Waals surface area contributed by atoms with Crippen molar-refractivity contribution in [2.45, 2.75) is 6.54 Å². The average molecular weight is 183 g/mol. The van der Waals surface area contributed by atoms with Crippen LogP contribution in [0, 0.1) is 0 Å². The summed E-state index contributed by atoms with van der Waals surface area (Å²) in [4.78, 5) is 3.85. The van der Waals surface area contributed by atoms with Gasteiger partial charge in [-0.1, -0.05) is 0 Å². The summed E-state index contributed by atoms with van der Waals surface area (Å²) in [7, 11) is 3.51. The maximum Gasteiger partial charge on any atom is 0.205 e. The maximum atomic E-state index is 5.17. The zero-order valence-electron chi connectivity index (χ0n) is 7.65. The van der Waals surface area contributed by atoms with E-state index in [0.29, 0.717) is 12.5 Å². The number of hydrogen-bond donors (Lipinski definition) is 3. The van der Waals surface area contributed by atoms with E-state index in [1.54, 1.807) is 13.4 Å². The second-order valence-electron chi connectivity index (χ2n) is 2.43. The fourth-order valence-electron chi connectivity index (χ4n) is 0.825. The molecule has 0 amide bonds. The third kappa shape index (κ3) is 2.41. The van der Waals surface area contributed by atoms with Crippen LogP contribution in [0.1, 0.15) is 5.82 Å². The molecule has 7 heteroatoms. The molecule has 7 nitrogen and oxygen atoms in total. The van der Waals surface area contributed by atoms with E-state index < -0.39 is 0 Å². The zero-order chi connectivity index (χ0) is 9.68. The minimum atomic E-state index is 0.517. The molecule has 0 unspecified atom stereocenters. The Morgan fingerprint density at radius 3 is 3.00 bits per heavy atom. The standard InChI is InChI=1S/C6H13N7/c1-8-6(11-7)9-3-5-12-10-4-13(5)2/h4H,3,7H2,1-2H3,(H2,8,9,11). The average Bonchev–Trinajstić information content (AvgIpc) is 2.54. The fraction of sp³-hybridized carbons (Fsp3) is 0.500. The van der Waals surface area contributed by atoms with E-state index >= 15 is 0 Å². The zero-order valence-corrected chi connectivity index (χ0v) is 7.65. The summed E-state index contributed by atoms with van der Waals surface area (Å²) in [5.74, 6) is 6.51. The Balaban J connectivity index is 2.48. The van der Waals surface area contributed by atoms with Crippen molar-refractivity contribution < 1.29 is 0 Å². The third-order valence-electron chi connectivity index (χ3n) is 1.58. The Kier molecular flexibility index (Phi) is 3.21. The Morgan fingerprint density at radius 1 is 1.77 bits per heavy atom. The highest BCUT2D eigenvalue weighted by Gasteiger charge is 2.00. The number of hydrazine groups is 1. The molecular formula is C6H13N7. The van der Waals surface area contributed by atoms with Crippen LogP contribution in [0.25, 0.3) is 0 Å². The molecule has 0 fully saturated rings. The van der Waals surface area contributed by atoms with Gasteiger partial charge in [-0.3, -0.25) is 10.4 Å². The largest absolute Gasteiger partial charge is 0.348 e. The number of aryl methyl sites for hydroxylation is 1. The summed E-state index contributed by atoms with van der Waals surface area (Å²) in [6.07, 6.45) is 1.63. The van der Waals surface area contributed by atoms with E-state index in [-0.39, 0.29) is 0 Å². The van der Waals surface area contributed by atoms with Crippen molar-refractivity contribution >= 4 is 5.96 Å². The molecule has 72 valence electrons. The van der Waals surface area contributed by atoms with Gasteiger partial charge in [0.25, 0.3) is 0 Å². The molecule has 13 heavy (non-hydrogen) atoms. The van der Waals surface area contributed by atoms with Crippen LogP contribution in [0.3, 0.4) is 0 Å². The molecule has 0 aliphatic rings. The quantitative estimate of drug-likeness (QED) is 0.221. The van der Waals surface area contributed by atoms with Gasteiger partial charge in [-0.2, -0.15) is 0 Å². The predicted octanol–water partition coefficient (Wildman–Crippen LogP) is -1.65. The highest BCUT2D eigenvalue weighted by Crippen LogP contribution is 1.88. The lowest BCUT2D eigenvalue weighted by atomic mass is 10.6. The number of aromatic nitrogens is 3. The van der Waals surface area contributed by atoms with Crippen LogP contribution in [0.2, 0.25) is 0 Å². The normalized spacial score (nSPS) is 11.5. The molecular weight excluding hydrogens is 170 g/mol. The Bertz CT molecular complexity index is 289. The predicted molar refractivity (Wildman–Crippen MR) is 48.5 cm³/mol. The van der Waals surface area contributed by atoms with Gasteiger partial charge in [0.1, 0.15) is 6.33 Å². The third-order valence-corrected chi connectivity index (χ3v) is 1.58. The second kappa shape index (κ2) is 4.41. The Hall–Kier alpha value is -1.63. The van der Waals surface area contributed by atoms with Crippen molar-refractivity contribution in [3.8, 4) is 0 Å². The van der Waals surface area contributed by atoms with Gasteiger partial charge in [0.05, 0.1) is 6.54 Å². The van der Waals surface area contributed by atoms with Crippen LogP contribution in [-0.4, -0.2) is 27.8 Å². The van der Waals surface area contributed by atoms with Crippen LogP contribution in [0.4, 0.5) is 0 Å². The van der Waals surface area contributed by atoms with Crippen molar-refractivity contribution in [1.82, 2.24) is 25.5 Å². The van der Waals surface area contributed by atoms with Crippen LogP contribution in [0.5, 0.6) is 0 Å². The van der Waals surface area contributed by atoms with E-state index in [1.807, 2.05) is 11.6 Å². The van der Waals surface area contributed by atoms with Gasteiger partial charge in [0.15, 0.2) is 5.82 Å². The minimum Gasteiger partial charge on any atom is -0.348 e. The van der Waals surface area contributed by atoms with Gasteiger partial charge < -0.3 is 9.88 Å². The number of nitrogens with zero attached hydrogens (tertiary/aromatic N) is 4. The fourth-order valence-corrected chi connectivity index (χ4v) is 0.825. The van der Waals surface area contributed by atoms with E-state index in [0.717, 1.165) is 5.82 Å². The molecule has 0 saturated carbocycles. The molecule has 4 N–H and O–H groups in total. The first kappa shape index (κ1) is 9.46. The van der Waals surface area contributed by atoms with Crippen LogP contribution < -0.4 is 16.6 Å². The lowest BCUT2D eigenvalue weighted by Gasteiger charge is -2.06. The number of nitrogens with one attached hydrogen (secondary N) is 2. The van der Waals surface area contributed by atoms with Crippen molar-refractivity contribution in [2.75, 3.05) is 7.05 Å². The molecule has 1 aromatic heterocycles.